The highest BCUT2D eigenvalue weighted by Crippen LogP contribution is 2.26. The van der Waals surface area contributed by atoms with Gasteiger partial charge in [0.05, 0.1) is 7.11 Å². The van der Waals surface area contributed by atoms with Crippen LogP contribution in [0, 0.1) is 12.8 Å². The Kier molecular flexibility index (Phi) is 8.83. The fraction of sp³-hybridized carbons (Fsp3) is 0.483. The number of rotatable bonds is 8. The van der Waals surface area contributed by atoms with E-state index in [0.717, 1.165) is 49.1 Å². The van der Waals surface area contributed by atoms with E-state index in [1.54, 1.807) is 19.5 Å². The molecule has 2 amide bonds. The molecule has 1 aliphatic rings. The highest BCUT2D eigenvalue weighted by molar-refractivity contribution is 5.93. The van der Waals surface area contributed by atoms with Crippen molar-refractivity contribution in [2.75, 3.05) is 7.11 Å². The largest absolute Gasteiger partial charge is 0.497 e. The number of aromatic nitrogens is 4. The number of aryl methyl sites for hydroxylation is 1. The highest BCUT2D eigenvalue weighted by Gasteiger charge is 2.25. The second-order valence-electron chi connectivity index (χ2n) is 11.1. The quantitative estimate of drug-likeness (QED) is 0.431. The number of carbonyl (C=O) groups excluding carboxylic acids is 2. The summed E-state index contributed by atoms with van der Waals surface area (Å²) in [5, 5.41) is 10.6. The SMILES string of the molecule is COc1cccc(CNC(=O)c2cc(-c3ncn(CC4CCC(NC(=O)OC(C)(C)C)CC4)n3)cc(C)n2)c1. The molecule has 3 aromatic rings. The molecular formula is C29H38N6O4. The maximum Gasteiger partial charge on any atom is 0.407 e. The van der Waals surface area contributed by atoms with Gasteiger partial charge in [-0.3, -0.25) is 9.48 Å². The molecule has 0 saturated heterocycles. The van der Waals surface area contributed by atoms with Gasteiger partial charge < -0.3 is 20.1 Å². The number of carbonyl (C=O) groups is 2. The van der Waals surface area contributed by atoms with Gasteiger partial charge in [-0.1, -0.05) is 12.1 Å². The number of nitrogens with zero attached hydrogens (tertiary/aromatic N) is 4. The van der Waals surface area contributed by atoms with Crippen molar-refractivity contribution in [3.05, 3.63) is 59.7 Å². The van der Waals surface area contributed by atoms with Gasteiger partial charge in [-0.2, -0.15) is 5.10 Å². The minimum atomic E-state index is -0.499. The number of amides is 2. The molecule has 208 valence electrons. The van der Waals surface area contributed by atoms with Gasteiger partial charge in [0.2, 0.25) is 0 Å². The Balaban J connectivity index is 1.32. The van der Waals surface area contributed by atoms with Crippen LogP contribution in [0.15, 0.2) is 42.7 Å². The number of alkyl carbamates (subject to hydrolysis) is 1. The van der Waals surface area contributed by atoms with Gasteiger partial charge in [-0.25, -0.2) is 14.8 Å². The van der Waals surface area contributed by atoms with Crippen LogP contribution < -0.4 is 15.4 Å². The van der Waals surface area contributed by atoms with E-state index in [-0.39, 0.29) is 18.0 Å². The minimum absolute atomic E-state index is 0.135. The molecule has 0 radical (unpaired) electrons. The lowest BCUT2D eigenvalue weighted by Gasteiger charge is -2.30. The number of hydrogen-bond acceptors (Lipinski definition) is 7. The molecule has 1 aliphatic carbocycles. The van der Waals surface area contributed by atoms with Crippen molar-refractivity contribution >= 4 is 12.0 Å². The Bertz CT molecular complexity index is 1290. The van der Waals surface area contributed by atoms with E-state index in [1.165, 1.54) is 0 Å². The third-order valence-corrected chi connectivity index (χ3v) is 6.58. The first kappa shape index (κ1) is 28.1. The average Bonchev–Trinajstić information content (AvgIpc) is 3.35. The van der Waals surface area contributed by atoms with Gasteiger partial charge in [0.15, 0.2) is 5.82 Å². The predicted molar refractivity (Wildman–Crippen MR) is 147 cm³/mol. The monoisotopic (exact) mass is 534 g/mol. The summed E-state index contributed by atoms with van der Waals surface area (Å²) in [4.78, 5) is 33.8. The van der Waals surface area contributed by atoms with Crippen molar-refractivity contribution < 1.29 is 19.1 Å². The molecule has 2 aromatic heterocycles. The fourth-order valence-electron chi connectivity index (χ4n) is 4.71. The average molecular weight is 535 g/mol. The molecule has 4 rings (SSSR count). The van der Waals surface area contributed by atoms with Gasteiger partial charge in [0, 0.05) is 30.4 Å². The Morgan fingerprint density at radius 2 is 1.87 bits per heavy atom. The van der Waals surface area contributed by atoms with Gasteiger partial charge in [0.25, 0.3) is 5.91 Å². The van der Waals surface area contributed by atoms with Crippen LogP contribution in [-0.2, 0) is 17.8 Å². The Labute approximate surface area is 229 Å². The Morgan fingerprint density at radius 3 is 2.59 bits per heavy atom. The molecule has 10 nitrogen and oxygen atoms in total. The molecule has 1 aromatic carbocycles. The van der Waals surface area contributed by atoms with E-state index in [2.05, 4.69) is 25.7 Å². The van der Waals surface area contributed by atoms with Crippen molar-refractivity contribution in [2.24, 2.45) is 5.92 Å². The minimum Gasteiger partial charge on any atom is -0.497 e. The molecule has 0 aliphatic heterocycles. The zero-order chi connectivity index (χ0) is 28.0. The first-order valence-corrected chi connectivity index (χ1v) is 13.4. The number of pyridine rings is 1. The molecule has 1 saturated carbocycles. The van der Waals surface area contributed by atoms with Gasteiger partial charge in [-0.05, 0) is 89.1 Å². The van der Waals surface area contributed by atoms with E-state index in [1.807, 2.05) is 62.7 Å². The van der Waals surface area contributed by atoms with Crippen LogP contribution in [0.5, 0.6) is 5.75 Å². The van der Waals surface area contributed by atoms with E-state index >= 15 is 0 Å². The van der Waals surface area contributed by atoms with Crippen molar-refractivity contribution in [3.8, 4) is 17.1 Å². The van der Waals surface area contributed by atoms with Crippen molar-refractivity contribution in [1.29, 1.82) is 0 Å². The van der Waals surface area contributed by atoms with E-state index < -0.39 is 5.60 Å². The second-order valence-corrected chi connectivity index (χ2v) is 11.1. The molecule has 10 heteroatoms. The van der Waals surface area contributed by atoms with Crippen LogP contribution in [0.25, 0.3) is 11.4 Å². The molecule has 0 unspecified atom stereocenters. The molecule has 0 spiro atoms. The highest BCUT2D eigenvalue weighted by atomic mass is 16.6. The lowest BCUT2D eigenvalue weighted by Crippen LogP contribution is -2.41. The van der Waals surface area contributed by atoms with Crippen LogP contribution >= 0.6 is 0 Å². The van der Waals surface area contributed by atoms with Gasteiger partial charge >= 0.3 is 6.09 Å². The van der Waals surface area contributed by atoms with Crippen molar-refractivity contribution in [1.82, 2.24) is 30.4 Å². The van der Waals surface area contributed by atoms with Crippen LogP contribution in [0.4, 0.5) is 4.79 Å². The normalized spacial score (nSPS) is 17.4. The molecule has 0 atom stereocenters. The molecule has 1 fully saturated rings. The van der Waals surface area contributed by atoms with E-state index in [9.17, 15) is 9.59 Å². The van der Waals surface area contributed by atoms with Crippen molar-refractivity contribution in [2.45, 2.75) is 78.1 Å². The first-order chi connectivity index (χ1) is 18.6. The Hall–Kier alpha value is -3.95. The maximum atomic E-state index is 12.9. The molecular weight excluding hydrogens is 496 g/mol. The predicted octanol–water partition coefficient (Wildman–Crippen LogP) is 4.67. The summed E-state index contributed by atoms with van der Waals surface area (Å²) in [7, 11) is 1.61. The lowest BCUT2D eigenvalue weighted by molar-refractivity contribution is 0.0485. The zero-order valence-corrected chi connectivity index (χ0v) is 23.4. The summed E-state index contributed by atoms with van der Waals surface area (Å²) in [5.74, 6) is 1.49. The number of ether oxygens (including phenoxy) is 2. The zero-order valence-electron chi connectivity index (χ0n) is 23.4. The summed E-state index contributed by atoms with van der Waals surface area (Å²) in [6, 6.07) is 11.3. The standard InChI is InChI=1S/C29H38N6O4/c1-19-13-22(15-25(32-19)27(36)30-16-21-7-6-8-24(14-21)38-5)26-31-18-35(34-26)17-20-9-11-23(12-10-20)33-28(37)39-29(2,3)4/h6-8,13-15,18,20,23H,9-12,16-17H2,1-5H3,(H,30,36)(H,33,37). The smallest absolute Gasteiger partial charge is 0.407 e. The molecule has 0 bridgehead atoms. The van der Waals surface area contributed by atoms with Gasteiger partial charge in [-0.15, -0.1) is 0 Å². The summed E-state index contributed by atoms with van der Waals surface area (Å²) < 4.78 is 12.5. The van der Waals surface area contributed by atoms with Crippen LogP contribution in [0.1, 0.15) is 68.2 Å². The number of benzene rings is 1. The third-order valence-electron chi connectivity index (χ3n) is 6.58. The number of methoxy groups -OCH3 is 1. The van der Waals surface area contributed by atoms with Gasteiger partial charge in [0.1, 0.15) is 23.4 Å². The number of hydrogen-bond donors (Lipinski definition) is 2. The van der Waals surface area contributed by atoms with Crippen LogP contribution in [0.3, 0.4) is 0 Å². The van der Waals surface area contributed by atoms with E-state index in [4.69, 9.17) is 9.47 Å². The molecule has 2 heterocycles. The fourth-order valence-corrected chi connectivity index (χ4v) is 4.71. The summed E-state index contributed by atoms with van der Waals surface area (Å²) in [5.41, 5.74) is 2.22. The molecule has 39 heavy (non-hydrogen) atoms. The third kappa shape index (κ3) is 8.27. The summed E-state index contributed by atoms with van der Waals surface area (Å²) in [6.45, 7) is 8.56. The van der Waals surface area contributed by atoms with Crippen molar-refractivity contribution in [3.63, 3.8) is 0 Å². The first-order valence-electron chi connectivity index (χ1n) is 13.4. The molecule has 2 N–H and O–H groups in total. The summed E-state index contributed by atoms with van der Waals surface area (Å²) in [6.07, 6.45) is 5.17. The Morgan fingerprint density at radius 1 is 1.10 bits per heavy atom. The van der Waals surface area contributed by atoms with Crippen LogP contribution in [-0.4, -0.2) is 50.5 Å². The maximum absolute atomic E-state index is 12.9. The van der Waals surface area contributed by atoms with Crippen LogP contribution in [0.2, 0.25) is 0 Å². The number of nitrogens with one attached hydrogen (secondary N) is 2. The summed E-state index contributed by atoms with van der Waals surface area (Å²) >= 11 is 0. The van der Waals surface area contributed by atoms with E-state index in [0.29, 0.717) is 29.7 Å². The second kappa shape index (κ2) is 12.3. The topological polar surface area (TPSA) is 120 Å². The lowest BCUT2D eigenvalue weighted by atomic mass is 9.86.